The van der Waals surface area contributed by atoms with Crippen molar-refractivity contribution in [2.45, 2.75) is 26.2 Å². The van der Waals surface area contributed by atoms with E-state index in [1.807, 2.05) is 0 Å². The molecule has 2 rings (SSSR count). The van der Waals surface area contributed by atoms with E-state index in [2.05, 4.69) is 31.1 Å². The van der Waals surface area contributed by atoms with Crippen molar-refractivity contribution >= 4 is 29.0 Å². The molecule has 1 N–H and O–H groups in total. The van der Waals surface area contributed by atoms with Gasteiger partial charge in [0.25, 0.3) is 5.56 Å². The molecule has 0 fully saturated rings. The summed E-state index contributed by atoms with van der Waals surface area (Å²) in [5, 5.41) is 3.47. The van der Waals surface area contributed by atoms with Crippen LogP contribution in [0.5, 0.6) is 0 Å². The molecule has 1 amide bonds. The Morgan fingerprint density at radius 2 is 1.96 bits per heavy atom. The van der Waals surface area contributed by atoms with E-state index in [0.29, 0.717) is 0 Å². The lowest BCUT2D eigenvalue weighted by atomic mass is 9.98. The minimum Gasteiger partial charge on any atom is -0.317 e. The zero-order valence-corrected chi connectivity index (χ0v) is 15.1. The van der Waals surface area contributed by atoms with Gasteiger partial charge in [-0.2, -0.15) is 0 Å². The zero-order chi connectivity index (χ0) is 18.1. The van der Waals surface area contributed by atoms with Crippen LogP contribution in [-0.2, 0) is 24.3 Å². The second kappa shape index (κ2) is 6.56. The van der Waals surface area contributed by atoms with E-state index in [4.69, 9.17) is 0 Å². The van der Waals surface area contributed by atoms with Gasteiger partial charge in [-0.15, -0.1) is 11.3 Å². The number of nitrogens with one attached hydrogen (secondary N) is 1. The minimum absolute atomic E-state index is 0.0416. The topological polar surface area (TPSA) is 86.0 Å². The van der Waals surface area contributed by atoms with Gasteiger partial charge in [-0.3, -0.25) is 14.2 Å². The summed E-state index contributed by atoms with van der Waals surface area (Å²) in [5.41, 5.74) is -0.991. The molecule has 7 nitrogen and oxygen atoms in total. The van der Waals surface area contributed by atoms with Gasteiger partial charge in [-0.25, -0.2) is 9.78 Å². The summed E-state index contributed by atoms with van der Waals surface area (Å²) in [6, 6.07) is 0. The lowest BCUT2D eigenvalue weighted by Gasteiger charge is -2.13. The Labute approximate surface area is 143 Å². The van der Waals surface area contributed by atoms with Crippen LogP contribution in [0.15, 0.2) is 28.1 Å². The largest absolute Gasteiger partial charge is 0.330 e. The number of rotatable bonds is 3. The number of hydrogen-bond donors (Lipinski definition) is 1. The average Bonchev–Trinajstić information content (AvgIpc) is 2.97. The third-order valence-corrected chi connectivity index (χ3v) is 4.66. The second-order valence-electron chi connectivity index (χ2n) is 6.44. The number of amides is 1. The highest BCUT2D eigenvalue weighted by Gasteiger charge is 2.17. The Morgan fingerprint density at radius 1 is 1.29 bits per heavy atom. The molecule has 0 aromatic carbocycles. The Balaban J connectivity index is 2.16. The van der Waals surface area contributed by atoms with E-state index in [1.165, 1.54) is 42.3 Å². The van der Waals surface area contributed by atoms with Gasteiger partial charge in [0.1, 0.15) is 5.69 Å². The molecule has 2 heterocycles. The maximum absolute atomic E-state index is 12.0. The summed E-state index contributed by atoms with van der Waals surface area (Å²) < 4.78 is 2.18. The number of thiazole rings is 1. The monoisotopic (exact) mass is 348 g/mol. The number of aromatic nitrogens is 3. The lowest BCUT2D eigenvalue weighted by Crippen LogP contribution is -2.38. The lowest BCUT2D eigenvalue weighted by molar-refractivity contribution is -0.111. The summed E-state index contributed by atoms with van der Waals surface area (Å²) in [5.74, 6) is -0.448. The van der Waals surface area contributed by atoms with E-state index >= 15 is 0 Å². The Hall–Kier alpha value is -2.48. The van der Waals surface area contributed by atoms with Crippen LogP contribution in [-0.4, -0.2) is 20.0 Å². The van der Waals surface area contributed by atoms with E-state index < -0.39 is 17.2 Å². The van der Waals surface area contributed by atoms with Crippen LogP contribution < -0.4 is 16.6 Å². The Morgan fingerprint density at radius 3 is 2.54 bits per heavy atom. The van der Waals surface area contributed by atoms with E-state index in [0.717, 1.165) is 14.5 Å². The molecule has 0 saturated heterocycles. The first-order valence-electron chi connectivity index (χ1n) is 7.31. The molecule has 24 heavy (non-hydrogen) atoms. The van der Waals surface area contributed by atoms with Crippen molar-refractivity contribution in [2.75, 3.05) is 5.32 Å². The smallest absolute Gasteiger partial charge is 0.317 e. The number of hydrogen-bond acceptors (Lipinski definition) is 5. The fourth-order valence-corrected chi connectivity index (χ4v) is 2.81. The van der Waals surface area contributed by atoms with Gasteiger partial charge in [-0.1, -0.05) is 20.8 Å². The Kier molecular flexibility index (Phi) is 4.88. The predicted molar refractivity (Wildman–Crippen MR) is 95.4 cm³/mol. The summed E-state index contributed by atoms with van der Waals surface area (Å²) in [4.78, 5) is 40.8. The van der Waals surface area contributed by atoms with E-state index in [-0.39, 0.29) is 11.1 Å². The molecule has 0 bridgehead atoms. The molecule has 2 aromatic heterocycles. The van der Waals surface area contributed by atoms with Crippen LogP contribution in [0.2, 0.25) is 0 Å². The van der Waals surface area contributed by atoms with Crippen LogP contribution in [0.3, 0.4) is 0 Å². The van der Waals surface area contributed by atoms with Gasteiger partial charge in [0, 0.05) is 42.9 Å². The fourth-order valence-electron chi connectivity index (χ4n) is 1.94. The first-order chi connectivity index (χ1) is 11.1. The molecule has 0 spiro atoms. The molecule has 0 aliphatic heterocycles. The van der Waals surface area contributed by atoms with Crippen LogP contribution in [0.25, 0.3) is 6.08 Å². The summed E-state index contributed by atoms with van der Waals surface area (Å²) >= 11 is 1.51. The van der Waals surface area contributed by atoms with Gasteiger partial charge in [0.2, 0.25) is 5.91 Å². The molecule has 0 aliphatic carbocycles. The number of carbonyl (C=O) groups excluding carboxylic acids is 1. The van der Waals surface area contributed by atoms with Crippen molar-refractivity contribution < 1.29 is 4.79 Å². The SMILES string of the molecule is Cn1cc(NC(=O)C=Cc2cnc(C(C)(C)C)s2)c(=O)n(C)c1=O. The normalized spacial score (nSPS) is 11.9. The molecule has 0 radical (unpaired) electrons. The molecule has 0 atom stereocenters. The number of anilines is 1. The van der Waals surface area contributed by atoms with Gasteiger partial charge in [0.15, 0.2) is 0 Å². The molecule has 0 saturated carbocycles. The van der Waals surface area contributed by atoms with Crippen molar-refractivity contribution in [3.63, 3.8) is 0 Å². The molecular weight excluding hydrogens is 328 g/mol. The van der Waals surface area contributed by atoms with Crippen LogP contribution >= 0.6 is 11.3 Å². The summed E-state index contributed by atoms with van der Waals surface area (Å²) in [6.45, 7) is 6.21. The Bertz CT molecular complexity index is 913. The van der Waals surface area contributed by atoms with E-state index in [1.54, 1.807) is 12.3 Å². The third kappa shape index (κ3) is 3.88. The van der Waals surface area contributed by atoms with Crippen LogP contribution in [0.4, 0.5) is 5.69 Å². The average molecular weight is 348 g/mol. The van der Waals surface area contributed by atoms with Crippen molar-refractivity contribution in [3.05, 3.63) is 49.2 Å². The van der Waals surface area contributed by atoms with Gasteiger partial charge >= 0.3 is 5.69 Å². The minimum atomic E-state index is -0.548. The fraction of sp³-hybridized carbons (Fsp3) is 0.375. The molecule has 2 aromatic rings. The predicted octanol–water partition coefficient (Wildman–Crippen LogP) is 1.49. The number of nitrogens with zero attached hydrogens (tertiary/aromatic N) is 3. The van der Waals surface area contributed by atoms with Gasteiger partial charge < -0.3 is 9.88 Å². The van der Waals surface area contributed by atoms with Gasteiger partial charge in [-0.05, 0) is 6.08 Å². The molecule has 0 unspecified atom stereocenters. The van der Waals surface area contributed by atoms with Crippen LogP contribution in [0, 0.1) is 0 Å². The van der Waals surface area contributed by atoms with Crippen molar-refractivity contribution in [1.82, 2.24) is 14.1 Å². The molecular formula is C16H20N4O3S. The molecule has 0 aliphatic rings. The van der Waals surface area contributed by atoms with Crippen molar-refractivity contribution in [1.29, 1.82) is 0 Å². The molecule has 128 valence electrons. The maximum Gasteiger partial charge on any atom is 0.330 e. The highest BCUT2D eigenvalue weighted by Crippen LogP contribution is 2.27. The summed E-state index contributed by atoms with van der Waals surface area (Å²) in [6.07, 6.45) is 6.00. The highest BCUT2D eigenvalue weighted by molar-refractivity contribution is 7.12. The van der Waals surface area contributed by atoms with Crippen molar-refractivity contribution in [3.8, 4) is 0 Å². The van der Waals surface area contributed by atoms with Crippen LogP contribution in [0.1, 0.15) is 30.7 Å². The first-order valence-corrected chi connectivity index (χ1v) is 8.13. The number of aryl methyl sites for hydroxylation is 1. The van der Waals surface area contributed by atoms with Gasteiger partial charge in [0.05, 0.1) is 5.01 Å². The first kappa shape index (κ1) is 17.9. The van der Waals surface area contributed by atoms with Crippen molar-refractivity contribution in [2.24, 2.45) is 14.1 Å². The quantitative estimate of drug-likeness (QED) is 0.852. The third-order valence-electron chi connectivity index (χ3n) is 3.27. The molecule has 8 heteroatoms. The maximum atomic E-state index is 12.0. The second-order valence-corrected chi connectivity index (χ2v) is 7.50. The standard InChI is InChI=1S/C16H20N4O3S/c1-16(2,3)14-17-8-10(24-14)6-7-12(21)18-11-9-19(4)15(23)20(5)13(11)22/h6-9H,1-5H3,(H,18,21). The summed E-state index contributed by atoms with van der Waals surface area (Å²) in [7, 11) is 2.88. The number of carbonyl (C=O) groups is 1. The zero-order valence-electron chi connectivity index (χ0n) is 14.3. The highest BCUT2D eigenvalue weighted by atomic mass is 32.1. The van der Waals surface area contributed by atoms with E-state index in [9.17, 15) is 14.4 Å².